The number of para-hydroxylation sites is 1. The van der Waals surface area contributed by atoms with Crippen molar-refractivity contribution < 1.29 is 8.42 Å². The van der Waals surface area contributed by atoms with Crippen LogP contribution >= 0.6 is 0 Å². The van der Waals surface area contributed by atoms with Crippen LogP contribution in [0.5, 0.6) is 0 Å². The Morgan fingerprint density at radius 2 is 1.72 bits per heavy atom. The van der Waals surface area contributed by atoms with Gasteiger partial charge in [-0.25, -0.2) is 12.4 Å². The summed E-state index contributed by atoms with van der Waals surface area (Å²) >= 11 is 0. The molecule has 0 atom stereocenters. The lowest BCUT2D eigenvalue weighted by molar-refractivity contribution is 0.589. The fourth-order valence-electron chi connectivity index (χ4n) is 2.65. The molecule has 25 heavy (non-hydrogen) atoms. The van der Waals surface area contributed by atoms with Gasteiger partial charge >= 0.3 is 0 Å². The summed E-state index contributed by atoms with van der Waals surface area (Å²) in [6, 6.07) is 14.5. The molecule has 0 aliphatic carbocycles. The normalized spacial score (nSPS) is 13.0. The summed E-state index contributed by atoms with van der Waals surface area (Å²) in [6.45, 7) is 5.93. The molecular formula is C21H21NO2S. The minimum Gasteiger partial charge on any atom is -0.241 e. The van der Waals surface area contributed by atoms with Gasteiger partial charge < -0.3 is 0 Å². The number of fused-ring (bicyclic) bond motifs is 1. The van der Waals surface area contributed by atoms with E-state index >= 15 is 0 Å². The summed E-state index contributed by atoms with van der Waals surface area (Å²) in [6.07, 6.45) is 7.65. The highest BCUT2D eigenvalue weighted by molar-refractivity contribution is 7.90. The zero-order valence-corrected chi connectivity index (χ0v) is 15.4. The van der Waals surface area contributed by atoms with Gasteiger partial charge in [0.2, 0.25) is 0 Å². The molecule has 0 radical (unpaired) electrons. The molecule has 0 spiro atoms. The SMILES string of the molecule is C/C=C(C)/C=C/c1cn(S(=O)(=O)c2ccc(C)cc2)c2ccccc12. The zero-order valence-electron chi connectivity index (χ0n) is 14.6. The van der Waals surface area contributed by atoms with Crippen molar-refractivity contribution in [1.82, 2.24) is 3.97 Å². The van der Waals surface area contributed by atoms with Crippen LogP contribution in [0.1, 0.15) is 25.0 Å². The number of hydrogen-bond acceptors (Lipinski definition) is 2. The van der Waals surface area contributed by atoms with Crippen LogP contribution in [0.15, 0.2) is 77.3 Å². The van der Waals surface area contributed by atoms with E-state index in [0.717, 1.165) is 22.1 Å². The predicted molar refractivity (Wildman–Crippen MR) is 104 cm³/mol. The Labute approximate surface area is 149 Å². The number of hydrogen-bond donors (Lipinski definition) is 0. The molecule has 0 fully saturated rings. The summed E-state index contributed by atoms with van der Waals surface area (Å²) in [7, 11) is -3.64. The number of aryl methyl sites for hydroxylation is 1. The average molecular weight is 351 g/mol. The van der Waals surface area contributed by atoms with Gasteiger partial charge in [0.05, 0.1) is 10.4 Å². The number of allylic oxidation sites excluding steroid dienone is 3. The smallest absolute Gasteiger partial charge is 0.241 e. The van der Waals surface area contributed by atoms with Crippen LogP contribution in [0.25, 0.3) is 17.0 Å². The fourth-order valence-corrected chi connectivity index (χ4v) is 4.03. The molecule has 0 N–H and O–H groups in total. The average Bonchev–Trinajstić information content (AvgIpc) is 2.99. The Balaban J connectivity index is 2.20. The second-order valence-corrected chi connectivity index (χ2v) is 7.90. The lowest BCUT2D eigenvalue weighted by atomic mass is 10.1. The zero-order chi connectivity index (χ0) is 18.0. The van der Waals surface area contributed by atoms with E-state index in [4.69, 9.17) is 0 Å². The van der Waals surface area contributed by atoms with E-state index in [1.165, 1.54) is 3.97 Å². The molecule has 2 aromatic carbocycles. The molecular weight excluding hydrogens is 330 g/mol. The van der Waals surface area contributed by atoms with Gasteiger partial charge in [-0.15, -0.1) is 0 Å². The minimum absolute atomic E-state index is 0.291. The second-order valence-electron chi connectivity index (χ2n) is 6.08. The van der Waals surface area contributed by atoms with Crippen molar-refractivity contribution >= 4 is 27.0 Å². The molecule has 0 aliphatic heterocycles. The molecule has 0 saturated heterocycles. The molecule has 128 valence electrons. The maximum Gasteiger partial charge on any atom is 0.268 e. The summed E-state index contributed by atoms with van der Waals surface area (Å²) in [5.74, 6) is 0. The topological polar surface area (TPSA) is 39.1 Å². The van der Waals surface area contributed by atoms with Crippen LogP contribution in [0.2, 0.25) is 0 Å². The summed E-state index contributed by atoms with van der Waals surface area (Å²) < 4.78 is 27.6. The fraction of sp³-hybridized carbons (Fsp3) is 0.143. The Morgan fingerprint density at radius 3 is 2.40 bits per heavy atom. The van der Waals surface area contributed by atoms with E-state index in [1.807, 2.05) is 75.4 Å². The Bertz CT molecular complexity index is 1070. The number of rotatable bonds is 4. The van der Waals surface area contributed by atoms with Crippen LogP contribution in [-0.2, 0) is 10.0 Å². The first-order chi connectivity index (χ1) is 11.9. The molecule has 1 heterocycles. The van der Waals surface area contributed by atoms with Gasteiger partial charge in [-0.3, -0.25) is 0 Å². The third kappa shape index (κ3) is 3.30. The highest BCUT2D eigenvalue weighted by Gasteiger charge is 2.20. The van der Waals surface area contributed by atoms with Crippen molar-refractivity contribution in [2.24, 2.45) is 0 Å². The quantitative estimate of drug-likeness (QED) is 0.609. The number of benzene rings is 2. The maximum absolute atomic E-state index is 13.1. The first kappa shape index (κ1) is 17.2. The molecule has 0 unspecified atom stereocenters. The highest BCUT2D eigenvalue weighted by Crippen LogP contribution is 2.27. The van der Waals surface area contributed by atoms with E-state index in [-0.39, 0.29) is 0 Å². The first-order valence-corrected chi connectivity index (χ1v) is 9.61. The van der Waals surface area contributed by atoms with Crippen molar-refractivity contribution in [3.05, 3.63) is 83.6 Å². The Kier molecular flexibility index (Phi) is 4.64. The van der Waals surface area contributed by atoms with E-state index in [2.05, 4.69) is 0 Å². The van der Waals surface area contributed by atoms with Gasteiger partial charge in [-0.05, 0) is 39.0 Å². The predicted octanol–water partition coefficient (Wildman–Crippen LogP) is 5.17. The lowest BCUT2D eigenvalue weighted by Crippen LogP contribution is -2.11. The van der Waals surface area contributed by atoms with Gasteiger partial charge in [-0.1, -0.05) is 59.7 Å². The molecule has 3 aromatic rings. The molecule has 3 nitrogen and oxygen atoms in total. The van der Waals surface area contributed by atoms with Crippen molar-refractivity contribution in [1.29, 1.82) is 0 Å². The molecule has 4 heteroatoms. The van der Waals surface area contributed by atoms with Gasteiger partial charge in [0.15, 0.2) is 0 Å². The van der Waals surface area contributed by atoms with Crippen LogP contribution in [-0.4, -0.2) is 12.4 Å². The van der Waals surface area contributed by atoms with Gasteiger partial charge in [0.25, 0.3) is 10.0 Å². The Hall–Kier alpha value is -2.59. The maximum atomic E-state index is 13.1. The standard InChI is InChI=1S/C21H21NO2S/c1-4-16(2)9-12-18-15-22(21-8-6-5-7-20(18)21)25(23,24)19-13-10-17(3)11-14-19/h4-15H,1-3H3/b12-9+,16-4+. The minimum atomic E-state index is -3.64. The Morgan fingerprint density at radius 1 is 1.04 bits per heavy atom. The van der Waals surface area contributed by atoms with Crippen molar-refractivity contribution in [2.45, 2.75) is 25.7 Å². The number of aromatic nitrogens is 1. The molecule has 3 rings (SSSR count). The van der Waals surface area contributed by atoms with Crippen molar-refractivity contribution in [3.8, 4) is 0 Å². The van der Waals surface area contributed by atoms with Gasteiger partial charge in [-0.2, -0.15) is 0 Å². The van der Waals surface area contributed by atoms with E-state index in [1.54, 1.807) is 18.3 Å². The highest BCUT2D eigenvalue weighted by atomic mass is 32.2. The van der Waals surface area contributed by atoms with E-state index < -0.39 is 10.0 Å². The van der Waals surface area contributed by atoms with Crippen LogP contribution < -0.4 is 0 Å². The number of nitrogens with zero attached hydrogens (tertiary/aromatic N) is 1. The molecule has 0 aliphatic rings. The first-order valence-electron chi connectivity index (χ1n) is 8.17. The molecule has 0 bridgehead atoms. The van der Waals surface area contributed by atoms with Gasteiger partial charge in [0, 0.05) is 17.1 Å². The molecule has 1 aromatic heterocycles. The van der Waals surface area contributed by atoms with Crippen LogP contribution in [0, 0.1) is 6.92 Å². The lowest BCUT2D eigenvalue weighted by Gasteiger charge is -2.07. The van der Waals surface area contributed by atoms with Crippen LogP contribution in [0.4, 0.5) is 0 Å². The van der Waals surface area contributed by atoms with E-state index in [9.17, 15) is 8.42 Å². The summed E-state index contributed by atoms with van der Waals surface area (Å²) in [5.41, 5.74) is 3.72. The molecule has 0 saturated carbocycles. The van der Waals surface area contributed by atoms with Crippen LogP contribution in [0.3, 0.4) is 0 Å². The van der Waals surface area contributed by atoms with Crippen molar-refractivity contribution in [3.63, 3.8) is 0 Å². The van der Waals surface area contributed by atoms with E-state index in [0.29, 0.717) is 10.4 Å². The van der Waals surface area contributed by atoms with Crippen molar-refractivity contribution in [2.75, 3.05) is 0 Å². The summed E-state index contributed by atoms with van der Waals surface area (Å²) in [4.78, 5) is 0.291. The molecule has 0 amide bonds. The monoisotopic (exact) mass is 351 g/mol. The second kappa shape index (κ2) is 6.73. The summed E-state index contributed by atoms with van der Waals surface area (Å²) in [5, 5.41) is 0.915. The van der Waals surface area contributed by atoms with Gasteiger partial charge in [0.1, 0.15) is 0 Å². The largest absolute Gasteiger partial charge is 0.268 e. The third-order valence-corrected chi connectivity index (χ3v) is 5.96. The third-order valence-electron chi connectivity index (χ3n) is 4.27.